The Morgan fingerprint density at radius 1 is 1.24 bits per heavy atom. The summed E-state index contributed by atoms with van der Waals surface area (Å²) in [6, 6.07) is 7.59. The number of unbranched alkanes of at least 4 members (excludes halogenated alkanes) is 1. The average Bonchev–Trinajstić information content (AvgIpc) is 3.18. The lowest BCUT2D eigenvalue weighted by molar-refractivity contribution is -0.117. The first-order valence-electron chi connectivity index (χ1n) is 9.80. The van der Waals surface area contributed by atoms with Gasteiger partial charge < -0.3 is 10.6 Å². The van der Waals surface area contributed by atoms with E-state index in [0.29, 0.717) is 29.1 Å². The van der Waals surface area contributed by atoms with Crippen molar-refractivity contribution in [2.45, 2.75) is 64.8 Å². The highest BCUT2D eigenvalue weighted by atomic mass is 16.2. The van der Waals surface area contributed by atoms with E-state index in [0.717, 1.165) is 12.8 Å². The average molecular weight is 342 g/mol. The van der Waals surface area contributed by atoms with Crippen LogP contribution in [0.2, 0.25) is 0 Å². The van der Waals surface area contributed by atoms with E-state index in [1.807, 2.05) is 18.2 Å². The van der Waals surface area contributed by atoms with Crippen molar-refractivity contribution in [3.05, 3.63) is 29.8 Å². The minimum absolute atomic E-state index is 0.0238. The highest BCUT2D eigenvalue weighted by Crippen LogP contribution is 2.38. The van der Waals surface area contributed by atoms with Gasteiger partial charge in [0.25, 0.3) is 5.91 Å². The lowest BCUT2D eigenvalue weighted by Gasteiger charge is -2.21. The van der Waals surface area contributed by atoms with Crippen LogP contribution >= 0.6 is 0 Å². The third kappa shape index (κ3) is 4.62. The van der Waals surface area contributed by atoms with E-state index < -0.39 is 0 Å². The Balaban J connectivity index is 1.58. The Bertz CT molecular complexity index is 628. The second-order valence-corrected chi connectivity index (χ2v) is 7.80. The predicted octanol–water partition coefficient (Wildman–Crippen LogP) is 4.37. The van der Waals surface area contributed by atoms with Crippen LogP contribution in [0.25, 0.3) is 0 Å². The Morgan fingerprint density at radius 3 is 2.76 bits per heavy atom. The molecule has 0 saturated heterocycles. The maximum absolute atomic E-state index is 12.6. The van der Waals surface area contributed by atoms with Crippen molar-refractivity contribution in [1.29, 1.82) is 0 Å². The van der Waals surface area contributed by atoms with Crippen molar-refractivity contribution < 1.29 is 9.59 Å². The van der Waals surface area contributed by atoms with E-state index in [1.165, 1.54) is 32.1 Å². The topological polar surface area (TPSA) is 58.2 Å². The van der Waals surface area contributed by atoms with Gasteiger partial charge >= 0.3 is 0 Å². The number of benzene rings is 1. The molecule has 4 atom stereocenters. The van der Waals surface area contributed by atoms with Gasteiger partial charge in [0, 0.05) is 23.2 Å². The number of hydrogen-bond donors (Lipinski definition) is 2. The summed E-state index contributed by atoms with van der Waals surface area (Å²) in [5.74, 6) is 1.28. The molecule has 0 radical (unpaired) electrons. The smallest absolute Gasteiger partial charge is 0.251 e. The molecule has 1 aromatic carbocycles. The molecule has 2 aliphatic carbocycles. The molecule has 4 unspecified atom stereocenters. The van der Waals surface area contributed by atoms with Crippen LogP contribution in [0.4, 0.5) is 5.69 Å². The van der Waals surface area contributed by atoms with Crippen LogP contribution in [0.1, 0.15) is 69.2 Å². The molecule has 1 aromatic rings. The van der Waals surface area contributed by atoms with Crippen molar-refractivity contribution in [1.82, 2.24) is 5.32 Å². The molecule has 2 N–H and O–H groups in total. The Morgan fingerprint density at radius 2 is 2.04 bits per heavy atom. The SMILES string of the molecule is CCCCC1CCCC1NC(=O)c1cccc(NC(=O)C2CC2C)c1. The number of carbonyl (C=O) groups excluding carboxylic acids is 2. The van der Waals surface area contributed by atoms with Gasteiger partial charge in [0.05, 0.1) is 0 Å². The first-order valence-corrected chi connectivity index (χ1v) is 9.80. The summed E-state index contributed by atoms with van der Waals surface area (Å²) in [5.41, 5.74) is 1.34. The summed E-state index contributed by atoms with van der Waals surface area (Å²) in [5, 5.41) is 6.17. The molecule has 0 aliphatic heterocycles. The van der Waals surface area contributed by atoms with Gasteiger partial charge in [-0.2, -0.15) is 0 Å². The van der Waals surface area contributed by atoms with Gasteiger partial charge in [0.15, 0.2) is 0 Å². The van der Waals surface area contributed by atoms with E-state index in [1.54, 1.807) is 6.07 Å². The molecular formula is C21H30N2O2. The quantitative estimate of drug-likeness (QED) is 0.773. The zero-order valence-electron chi connectivity index (χ0n) is 15.4. The molecule has 0 bridgehead atoms. The molecule has 0 aromatic heterocycles. The first-order chi connectivity index (χ1) is 12.1. The highest BCUT2D eigenvalue weighted by Gasteiger charge is 2.39. The fourth-order valence-corrected chi connectivity index (χ4v) is 3.95. The molecule has 2 amide bonds. The van der Waals surface area contributed by atoms with Gasteiger partial charge in [-0.1, -0.05) is 39.2 Å². The summed E-state index contributed by atoms with van der Waals surface area (Å²) >= 11 is 0. The number of rotatable bonds is 7. The van der Waals surface area contributed by atoms with Gasteiger partial charge in [-0.05, 0) is 55.7 Å². The highest BCUT2D eigenvalue weighted by molar-refractivity contribution is 5.98. The predicted molar refractivity (Wildman–Crippen MR) is 100 cm³/mol. The second-order valence-electron chi connectivity index (χ2n) is 7.80. The first kappa shape index (κ1) is 18.0. The minimum Gasteiger partial charge on any atom is -0.349 e. The van der Waals surface area contributed by atoms with Crippen LogP contribution in [0, 0.1) is 17.8 Å². The number of nitrogens with one attached hydrogen (secondary N) is 2. The Labute approximate surface area is 150 Å². The number of hydrogen-bond acceptors (Lipinski definition) is 2. The van der Waals surface area contributed by atoms with E-state index in [2.05, 4.69) is 24.5 Å². The molecule has 2 aliphatic rings. The van der Waals surface area contributed by atoms with Crippen LogP contribution in [-0.2, 0) is 4.79 Å². The molecule has 25 heavy (non-hydrogen) atoms. The second kappa shape index (κ2) is 8.03. The number of anilines is 1. The van der Waals surface area contributed by atoms with E-state index in [9.17, 15) is 9.59 Å². The molecule has 4 nitrogen and oxygen atoms in total. The van der Waals surface area contributed by atoms with Crippen molar-refractivity contribution in [3.8, 4) is 0 Å². The molecule has 136 valence electrons. The van der Waals surface area contributed by atoms with Crippen molar-refractivity contribution in [2.75, 3.05) is 5.32 Å². The molecule has 3 rings (SSSR count). The summed E-state index contributed by atoms with van der Waals surface area (Å²) in [7, 11) is 0. The van der Waals surface area contributed by atoms with Crippen molar-refractivity contribution in [3.63, 3.8) is 0 Å². The number of carbonyl (C=O) groups is 2. The molecule has 2 fully saturated rings. The third-order valence-electron chi connectivity index (χ3n) is 5.74. The number of amides is 2. The van der Waals surface area contributed by atoms with Gasteiger partial charge in [-0.3, -0.25) is 9.59 Å². The largest absolute Gasteiger partial charge is 0.349 e. The summed E-state index contributed by atoms with van der Waals surface area (Å²) in [6.45, 7) is 4.30. The van der Waals surface area contributed by atoms with Crippen LogP contribution in [0.5, 0.6) is 0 Å². The molecule has 0 heterocycles. The zero-order valence-corrected chi connectivity index (χ0v) is 15.4. The fourth-order valence-electron chi connectivity index (χ4n) is 3.95. The van der Waals surface area contributed by atoms with Crippen LogP contribution in [-0.4, -0.2) is 17.9 Å². The van der Waals surface area contributed by atoms with E-state index in [4.69, 9.17) is 0 Å². The Hall–Kier alpha value is -1.84. The normalized spacial score (nSPS) is 27.8. The maximum Gasteiger partial charge on any atom is 0.251 e. The van der Waals surface area contributed by atoms with Gasteiger partial charge in [0.1, 0.15) is 0 Å². The zero-order chi connectivity index (χ0) is 17.8. The third-order valence-corrected chi connectivity index (χ3v) is 5.74. The van der Waals surface area contributed by atoms with Crippen LogP contribution < -0.4 is 10.6 Å². The summed E-state index contributed by atoms with van der Waals surface area (Å²) in [4.78, 5) is 24.7. The fraction of sp³-hybridized carbons (Fsp3) is 0.619. The monoisotopic (exact) mass is 342 g/mol. The minimum atomic E-state index is -0.0238. The van der Waals surface area contributed by atoms with E-state index >= 15 is 0 Å². The van der Waals surface area contributed by atoms with Gasteiger partial charge in [-0.15, -0.1) is 0 Å². The van der Waals surface area contributed by atoms with Crippen molar-refractivity contribution in [2.24, 2.45) is 17.8 Å². The molecule has 4 heteroatoms. The van der Waals surface area contributed by atoms with E-state index in [-0.39, 0.29) is 17.7 Å². The van der Waals surface area contributed by atoms with Gasteiger partial charge in [-0.25, -0.2) is 0 Å². The summed E-state index contributed by atoms with van der Waals surface area (Å²) in [6.07, 6.45) is 8.12. The van der Waals surface area contributed by atoms with Gasteiger partial charge in [0.2, 0.25) is 5.91 Å². The molecular weight excluding hydrogens is 312 g/mol. The molecule has 0 spiro atoms. The van der Waals surface area contributed by atoms with Crippen molar-refractivity contribution >= 4 is 17.5 Å². The molecule has 2 saturated carbocycles. The summed E-state index contributed by atoms with van der Waals surface area (Å²) < 4.78 is 0. The standard InChI is InChI=1S/C21H30N2O2/c1-3-4-7-15-8-6-11-19(15)23-20(24)16-9-5-10-17(13-16)22-21(25)18-12-14(18)2/h5,9-10,13-15,18-19H,3-4,6-8,11-12H2,1-2H3,(H,22,25)(H,23,24). The van der Waals surface area contributed by atoms with Crippen LogP contribution in [0.15, 0.2) is 24.3 Å². The lowest BCUT2D eigenvalue weighted by atomic mass is 9.96. The lowest BCUT2D eigenvalue weighted by Crippen LogP contribution is -2.37. The maximum atomic E-state index is 12.6. The van der Waals surface area contributed by atoms with Crippen LogP contribution in [0.3, 0.4) is 0 Å². The Kier molecular flexibility index (Phi) is 5.77.